The van der Waals surface area contributed by atoms with E-state index >= 15 is 0 Å². The minimum atomic E-state index is 0.313. The highest BCUT2D eigenvalue weighted by Crippen LogP contribution is 2.18. The van der Waals surface area contributed by atoms with Gasteiger partial charge in [0.1, 0.15) is 0 Å². The second-order valence-electron chi connectivity index (χ2n) is 7.67. The molecule has 0 atom stereocenters. The minimum Gasteiger partial charge on any atom is -0.211 e. The van der Waals surface area contributed by atoms with Gasteiger partial charge in [0.05, 0.1) is 26.2 Å². The number of aryl methyl sites for hydroxylation is 4. The van der Waals surface area contributed by atoms with Crippen molar-refractivity contribution >= 4 is 24.3 Å². The minimum absolute atomic E-state index is 0.313. The first kappa shape index (κ1) is 28.0. The van der Waals surface area contributed by atoms with Crippen molar-refractivity contribution in [3.63, 3.8) is 0 Å². The van der Waals surface area contributed by atoms with Crippen LogP contribution in [0.25, 0.3) is 0 Å². The fourth-order valence-corrected chi connectivity index (χ4v) is 3.45. The van der Waals surface area contributed by atoms with E-state index in [1.54, 1.807) is 12.2 Å². The quantitative estimate of drug-likeness (QED) is 0.393. The van der Waals surface area contributed by atoms with Crippen LogP contribution in [0.15, 0.2) is 44.2 Å². The molecule has 0 unspecified atom stereocenters. The lowest BCUT2D eigenvalue weighted by Crippen LogP contribution is -2.00. The van der Waals surface area contributed by atoms with Gasteiger partial charge in [0.25, 0.3) is 0 Å². The molecule has 2 aromatic carbocycles. The van der Waals surface area contributed by atoms with E-state index in [4.69, 9.17) is 0 Å². The first-order valence-corrected chi connectivity index (χ1v) is 10.7. The summed E-state index contributed by atoms with van der Waals surface area (Å²) in [6.45, 7) is 9.53. The van der Waals surface area contributed by atoms with Crippen LogP contribution in [-0.4, -0.2) is 37.4 Å². The van der Waals surface area contributed by atoms with E-state index in [1.807, 2.05) is 39.8 Å². The van der Waals surface area contributed by atoms with Crippen molar-refractivity contribution in [3.8, 4) is 0 Å². The van der Waals surface area contributed by atoms with Gasteiger partial charge < -0.3 is 0 Å². The van der Waals surface area contributed by atoms with Gasteiger partial charge in [-0.25, -0.2) is 39.1 Å². The molecule has 34 heavy (non-hydrogen) atoms. The van der Waals surface area contributed by atoms with E-state index in [0.717, 1.165) is 35.1 Å². The Labute approximate surface area is 199 Å². The topological polar surface area (TPSA) is 118 Å². The Balaban J connectivity index is 0.000000342. The molecule has 0 heterocycles. The average Bonchev–Trinajstić information content (AvgIpc) is 2.81. The lowest BCUT2D eigenvalue weighted by Gasteiger charge is -2.10. The molecule has 0 amide bonds. The predicted octanol–water partition coefficient (Wildman–Crippen LogP) is 4.04. The molecule has 0 aliphatic carbocycles. The van der Waals surface area contributed by atoms with Gasteiger partial charge in [-0.1, -0.05) is 24.3 Å². The monoisotopic (exact) mass is 460 g/mol. The zero-order valence-electron chi connectivity index (χ0n) is 20.0. The molecular weight excluding hydrogens is 432 g/mol. The molecule has 0 saturated heterocycles. The summed E-state index contributed by atoms with van der Waals surface area (Å²) < 4.78 is 0. The van der Waals surface area contributed by atoms with Crippen LogP contribution < -0.4 is 0 Å². The van der Waals surface area contributed by atoms with Gasteiger partial charge in [0, 0.05) is 0 Å². The van der Waals surface area contributed by atoms with E-state index in [1.165, 1.54) is 34.4 Å². The number of hydrogen-bond donors (Lipinski definition) is 0. The van der Waals surface area contributed by atoms with Crippen molar-refractivity contribution in [1.29, 1.82) is 0 Å². The van der Waals surface area contributed by atoms with Gasteiger partial charge in [-0.2, -0.15) is 0 Å². The summed E-state index contributed by atoms with van der Waals surface area (Å²) in [6.07, 6.45) is 7.56. The van der Waals surface area contributed by atoms with E-state index in [2.05, 4.69) is 32.1 Å². The maximum atomic E-state index is 10.1. The molecule has 0 fully saturated rings. The summed E-state index contributed by atoms with van der Waals surface area (Å²) in [6, 6.07) is 8.11. The van der Waals surface area contributed by atoms with Crippen LogP contribution in [0.2, 0.25) is 0 Å². The van der Waals surface area contributed by atoms with Gasteiger partial charge in [-0.05, 0) is 85.0 Å². The highest BCUT2D eigenvalue weighted by atomic mass is 16.1. The van der Waals surface area contributed by atoms with Gasteiger partial charge in [0.15, 0.2) is 0 Å². The van der Waals surface area contributed by atoms with Crippen LogP contribution >= 0.6 is 0 Å². The second-order valence-corrected chi connectivity index (χ2v) is 7.67. The maximum Gasteiger partial charge on any atom is 0.235 e. The van der Waals surface area contributed by atoms with Crippen LogP contribution in [0.1, 0.15) is 44.5 Å². The Hall–Kier alpha value is -4.04. The Kier molecular flexibility index (Phi) is 12.9. The molecule has 8 heteroatoms. The van der Waals surface area contributed by atoms with E-state index in [-0.39, 0.29) is 0 Å². The number of hydrogen-bond acceptors (Lipinski definition) is 8. The highest BCUT2D eigenvalue weighted by Gasteiger charge is 2.05. The Morgan fingerprint density at radius 2 is 0.824 bits per heavy atom. The standard InChI is InChI=1S/C14H16N2O2.C12H12N2O2/c1-11-7-12(2)14(4-6-16-10-18)8-13(11)3-5-15-9-17;1-9-3-10(2)12(6-14-8-16)4-11(9)5-13-7-15/h7-8H,3-6H2,1-2H3;3-4H,5-6H2,1-2H3. The fourth-order valence-electron chi connectivity index (χ4n) is 3.45. The van der Waals surface area contributed by atoms with Gasteiger partial charge >= 0.3 is 0 Å². The fraction of sp³-hybridized carbons (Fsp3) is 0.385. The van der Waals surface area contributed by atoms with E-state index in [0.29, 0.717) is 26.2 Å². The van der Waals surface area contributed by atoms with Crippen LogP contribution in [0.3, 0.4) is 0 Å². The largest absolute Gasteiger partial charge is 0.235 e. The molecule has 0 aromatic heterocycles. The molecule has 176 valence electrons. The van der Waals surface area contributed by atoms with Gasteiger partial charge in [-0.15, -0.1) is 0 Å². The number of rotatable bonds is 10. The third kappa shape index (κ3) is 9.62. The second kappa shape index (κ2) is 15.7. The van der Waals surface area contributed by atoms with Crippen molar-refractivity contribution in [1.82, 2.24) is 0 Å². The lowest BCUT2D eigenvalue weighted by molar-refractivity contribution is 0.562. The lowest BCUT2D eigenvalue weighted by atomic mass is 9.96. The van der Waals surface area contributed by atoms with Crippen molar-refractivity contribution in [2.24, 2.45) is 20.0 Å². The van der Waals surface area contributed by atoms with Crippen molar-refractivity contribution < 1.29 is 19.2 Å². The SMILES string of the molecule is Cc1cc(C)c(CCN=C=O)cc1CCN=C=O.Cc1cc(C)c(CN=C=O)cc1CN=C=O. The maximum absolute atomic E-state index is 10.1. The molecule has 0 radical (unpaired) electrons. The molecular formula is C26H28N4O4. The molecule has 0 bridgehead atoms. The first-order valence-electron chi connectivity index (χ1n) is 10.7. The molecule has 0 aliphatic rings. The average molecular weight is 461 g/mol. The van der Waals surface area contributed by atoms with Crippen molar-refractivity contribution in [2.45, 2.75) is 53.6 Å². The van der Waals surface area contributed by atoms with Crippen molar-refractivity contribution in [2.75, 3.05) is 13.1 Å². The smallest absolute Gasteiger partial charge is 0.211 e. The van der Waals surface area contributed by atoms with E-state index in [9.17, 15) is 19.2 Å². The zero-order chi connectivity index (χ0) is 25.3. The highest BCUT2D eigenvalue weighted by molar-refractivity contribution is 5.41. The Morgan fingerprint density at radius 1 is 0.500 bits per heavy atom. The summed E-state index contributed by atoms with van der Waals surface area (Å²) >= 11 is 0. The van der Waals surface area contributed by atoms with E-state index < -0.39 is 0 Å². The molecule has 0 saturated carbocycles. The summed E-state index contributed by atoms with van der Waals surface area (Å²) in [5.74, 6) is 0. The predicted molar refractivity (Wildman–Crippen MR) is 129 cm³/mol. The number of benzene rings is 2. The summed E-state index contributed by atoms with van der Waals surface area (Å²) in [7, 11) is 0. The third-order valence-electron chi connectivity index (χ3n) is 5.33. The number of nitrogens with zero attached hydrogens (tertiary/aromatic N) is 4. The Morgan fingerprint density at radius 3 is 1.18 bits per heavy atom. The summed E-state index contributed by atoms with van der Waals surface area (Å²) in [5.41, 5.74) is 8.75. The van der Waals surface area contributed by atoms with Crippen LogP contribution in [0, 0.1) is 27.7 Å². The Bertz CT molecular complexity index is 1100. The van der Waals surface area contributed by atoms with Gasteiger partial charge in [-0.3, -0.25) is 0 Å². The van der Waals surface area contributed by atoms with Crippen LogP contribution in [0.4, 0.5) is 0 Å². The zero-order valence-corrected chi connectivity index (χ0v) is 20.0. The molecule has 0 aliphatic heterocycles. The molecule has 2 aromatic rings. The number of aliphatic imine (C=N–C) groups is 4. The van der Waals surface area contributed by atoms with Crippen LogP contribution in [0.5, 0.6) is 0 Å². The first-order chi connectivity index (χ1) is 16.4. The molecule has 8 nitrogen and oxygen atoms in total. The summed E-state index contributed by atoms with van der Waals surface area (Å²) in [4.78, 5) is 54.4. The third-order valence-corrected chi connectivity index (χ3v) is 5.33. The van der Waals surface area contributed by atoms with Crippen molar-refractivity contribution in [3.05, 3.63) is 68.8 Å². The van der Waals surface area contributed by atoms with Crippen LogP contribution in [-0.2, 0) is 45.1 Å². The molecule has 0 N–H and O–H groups in total. The molecule has 2 rings (SSSR count). The van der Waals surface area contributed by atoms with Gasteiger partial charge in [0.2, 0.25) is 24.3 Å². The summed E-state index contributed by atoms with van der Waals surface area (Å²) in [5, 5.41) is 0. The number of isocyanates is 4. The normalized spacial score (nSPS) is 9.29. The molecule has 0 spiro atoms. The number of carbonyl (C=O) groups excluding carboxylic acids is 4.